The summed E-state index contributed by atoms with van der Waals surface area (Å²) in [5.74, 6) is 0. The third-order valence-corrected chi connectivity index (χ3v) is 7.89. The Morgan fingerprint density at radius 2 is 0.545 bits per heavy atom. The normalized spacial score (nSPS) is 10.7. The van der Waals surface area contributed by atoms with Gasteiger partial charge in [-0.2, -0.15) is 0 Å². The molecular weight excluding hydrogens is 532 g/mol. The van der Waals surface area contributed by atoms with Gasteiger partial charge in [0.25, 0.3) is 0 Å². The first-order valence-electron chi connectivity index (χ1n) is 14.9. The monoisotopic (exact) mass is 564 g/mol. The lowest BCUT2D eigenvalue weighted by Gasteiger charge is -2.14. The van der Waals surface area contributed by atoms with Crippen molar-refractivity contribution in [2.45, 2.75) is 0 Å². The highest BCUT2D eigenvalue weighted by Gasteiger charge is 2.07. The molecule has 0 aliphatic carbocycles. The minimum atomic E-state index is 1.05. The van der Waals surface area contributed by atoms with Crippen LogP contribution in [-0.2, 0) is 0 Å². The highest BCUT2D eigenvalue weighted by atomic mass is 14.9. The summed E-state index contributed by atoms with van der Waals surface area (Å²) in [6.45, 7) is 0. The maximum Gasteiger partial charge on any atom is 0.0463 e. The van der Waals surface area contributed by atoms with Gasteiger partial charge in [-0.1, -0.05) is 140 Å². The average molecular weight is 565 g/mol. The molecule has 0 aliphatic rings. The standard InChI is InChI=1S/C42H32N2/c1-3-9-31(10-4-1)33-15-17-37(18-16-33)41-13-7-8-14-42(41)44-40-29-23-36(24-30-40)35-21-27-39(28-22-35)43-38-25-19-34(20-26-38)32-11-5-2-6-12-32/h1-30,43-44H. The van der Waals surface area contributed by atoms with Gasteiger partial charge in [0, 0.05) is 28.3 Å². The first-order valence-corrected chi connectivity index (χ1v) is 14.9. The fourth-order valence-corrected chi connectivity index (χ4v) is 5.51. The van der Waals surface area contributed by atoms with Crippen LogP contribution < -0.4 is 10.6 Å². The number of anilines is 4. The van der Waals surface area contributed by atoms with Crippen LogP contribution in [0.15, 0.2) is 182 Å². The molecule has 0 bridgehead atoms. The van der Waals surface area contributed by atoms with E-state index in [0.29, 0.717) is 0 Å². The zero-order valence-corrected chi connectivity index (χ0v) is 24.3. The molecule has 7 rings (SSSR count). The molecule has 0 aromatic heterocycles. The lowest BCUT2D eigenvalue weighted by molar-refractivity contribution is 1.52. The Labute approximate surface area is 259 Å². The molecular formula is C42H32N2. The van der Waals surface area contributed by atoms with Crippen molar-refractivity contribution in [1.29, 1.82) is 0 Å². The number of para-hydroxylation sites is 1. The molecule has 0 atom stereocenters. The van der Waals surface area contributed by atoms with E-state index in [-0.39, 0.29) is 0 Å². The van der Waals surface area contributed by atoms with Gasteiger partial charge < -0.3 is 10.6 Å². The van der Waals surface area contributed by atoms with Crippen molar-refractivity contribution in [2.24, 2.45) is 0 Å². The first kappa shape index (κ1) is 27.0. The summed E-state index contributed by atoms with van der Waals surface area (Å²) in [5, 5.41) is 7.15. The van der Waals surface area contributed by atoms with E-state index < -0.39 is 0 Å². The maximum atomic E-state index is 3.64. The van der Waals surface area contributed by atoms with Crippen LogP contribution in [0.2, 0.25) is 0 Å². The van der Waals surface area contributed by atoms with Gasteiger partial charge in [0.2, 0.25) is 0 Å². The molecule has 0 amide bonds. The molecule has 210 valence electrons. The van der Waals surface area contributed by atoms with E-state index in [9.17, 15) is 0 Å². The van der Waals surface area contributed by atoms with Crippen molar-refractivity contribution in [1.82, 2.24) is 0 Å². The Bertz CT molecular complexity index is 1940. The Morgan fingerprint density at radius 1 is 0.227 bits per heavy atom. The van der Waals surface area contributed by atoms with Crippen molar-refractivity contribution in [2.75, 3.05) is 10.6 Å². The molecule has 2 N–H and O–H groups in total. The zero-order chi connectivity index (χ0) is 29.6. The predicted octanol–water partition coefficient (Wildman–Crippen LogP) is 11.8. The van der Waals surface area contributed by atoms with Crippen molar-refractivity contribution in [3.63, 3.8) is 0 Å². The third-order valence-electron chi connectivity index (χ3n) is 7.89. The highest BCUT2D eigenvalue weighted by molar-refractivity contribution is 5.83. The van der Waals surface area contributed by atoms with Crippen LogP contribution >= 0.6 is 0 Å². The largest absolute Gasteiger partial charge is 0.356 e. The molecule has 2 nitrogen and oxygen atoms in total. The van der Waals surface area contributed by atoms with Crippen LogP contribution in [0.25, 0.3) is 44.5 Å². The second-order valence-corrected chi connectivity index (χ2v) is 10.8. The molecule has 0 radical (unpaired) electrons. The second kappa shape index (κ2) is 12.6. The molecule has 0 heterocycles. The van der Waals surface area contributed by atoms with E-state index in [1.54, 1.807) is 0 Å². The Morgan fingerprint density at radius 3 is 1.00 bits per heavy atom. The summed E-state index contributed by atoms with van der Waals surface area (Å²) < 4.78 is 0. The van der Waals surface area contributed by atoms with Gasteiger partial charge in [-0.25, -0.2) is 0 Å². The van der Waals surface area contributed by atoms with Crippen LogP contribution in [0.1, 0.15) is 0 Å². The highest BCUT2D eigenvalue weighted by Crippen LogP contribution is 2.33. The number of nitrogens with one attached hydrogen (secondary N) is 2. The molecule has 0 saturated heterocycles. The van der Waals surface area contributed by atoms with Crippen molar-refractivity contribution < 1.29 is 0 Å². The Balaban J connectivity index is 1.02. The minimum absolute atomic E-state index is 1.05. The molecule has 7 aromatic carbocycles. The summed E-state index contributed by atoms with van der Waals surface area (Å²) in [6, 6.07) is 64.0. The lowest BCUT2D eigenvalue weighted by Crippen LogP contribution is -1.93. The smallest absolute Gasteiger partial charge is 0.0463 e. The fourth-order valence-electron chi connectivity index (χ4n) is 5.51. The van der Waals surface area contributed by atoms with Gasteiger partial charge in [0.15, 0.2) is 0 Å². The van der Waals surface area contributed by atoms with E-state index >= 15 is 0 Å². The Hall–Kier alpha value is -5.86. The lowest BCUT2D eigenvalue weighted by atomic mass is 9.99. The minimum Gasteiger partial charge on any atom is -0.356 e. The summed E-state index contributed by atoms with van der Waals surface area (Å²) in [7, 11) is 0. The van der Waals surface area contributed by atoms with Crippen molar-refractivity contribution >= 4 is 22.7 Å². The van der Waals surface area contributed by atoms with Crippen LogP contribution in [0.5, 0.6) is 0 Å². The van der Waals surface area contributed by atoms with Crippen molar-refractivity contribution in [3.05, 3.63) is 182 Å². The number of hydrogen-bond donors (Lipinski definition) is 2. The zero-order valence-electron chi connectivity index (χ0n) is 24.3. The molecule has 0 unspecified atom stereocenters. The molecule has 0 aliphatic heterocycles. The summed E-state index contributed by atoms with van der Waals surface area (Å²) in [6.07, 6.45) is 0. The average Bonchev–Trinajstić information content (AvgIpc) is 3.10. The van der Waals surface area contributed by atoms with Gasteiger partial charge in [-0.15, -0.1) is 0 Å². The van der Waals surface area contributed by atoms with Gasteiger partial charge in [-0.05, 0) is 81.4 Å². The quantitative estimate of drug-likeness (QED) is 0.192. The van der Waals surface area contributed by atoms with Crippen LogP contribution in [0.4, 0.5) is 22.7 Å². The van der Waals surface area contributed by atoms with Gasteiger partial charge in [-0.3, -0.25) is 0 Å². The predicted molar refractivity (Wildman–Crippen MR) is 188 cm³/mol. The van der Waals surface area contributed by atoms with E-state index in [1.165, 1.54) is 44.5 Å². The van der Waals surface area contributed by atoms with E-state index in [2.05, 4.69) is 180 Å². The summed E-state index contributed by atoms with van der Waals surface area (Å²) in [4.78, 5) is 0. The van der Waals surface area contributed by atoms with Crippen LogP contribution in [-0.4, -0.2) is 0 Å². The first-order chi connectivity index (χ1) is 21.8. The number of rotatable bonds is 8. The summed E-state index contributed by atoms with van der Waals surface area (Å²) in [5.41, 5.74) is 13.9. The van der Waals surface area contributed by atoms with Gasteiger partial charge >= 0.3 is 0 Å². The molecule has 0 saturated carbocycles. The molecule has 2 heteroatoms. The van der Waals surface area contributed by atoms with E-state index in [1.807, 2.05) is 12.1 Å². The van der Waals surface area contributed by atoms with Crippen LogP contribution in [0, 0.1) is 0 Å². The summed E-state index contributed by atoms with van der Waals surface area (Å²) >= 11 is 0. The van der Waals surface area contributed by atoms with Gasteiger partial charge in [0.05, 0.1) is 0 Å². The molecule has 7 aromatic rings. The van der Waals surface area contributed by atoms with E-state index in [0.717, 1.165) is 22.7 Å². The van der Waals surface area contributed by atoms with E-state index in [4.69, 9.17) is 0 Å². The molecule has 44 heavy (non-hydrogen) atoms. The maximum absolute atomic E-state index is 3.64. The topological polar surface area (TPSA) is 24.1 Å². The molecule has 0 spiro atoms. The number of benzene rings is 7. The number of hydrogen-bond acceptors (Lipinski definition) is 2. The second-order valence-electron chi connectivity index (χ2n) is 10.8. The fraction of sp³-hybridized carbons (Fsp3) is 0. The Kier molecular flexibility index (Phi) is 7.71. The van der Waals surface area contributed by atoms with Crippen LogP contribution in [0.3, 0.4) is 0 Å². The van der Waals surface area contributed by atoms with Crippen molar-refractivity contribution in [3.8, 4) is 44.5 Å². The van der Waals surface area contributed by atoms with Gasteiger partial charge in [0.1, 0.15) is 0 Å². The molecule has 0 fully saturated rings. The third kappa shape index (κ3) is 6.16. The SMILES string of the molecule is c1ccc(-c2ccc(Nc3ccc(-c4ccc(Nc5ccccc5-c5ccc(-c6ccccc6)cc5)cc4)cc3)cc2)cc1.